The van der Waals surface area contributed by atoms with Gasteiger partial charge in [0.15, 0.2) is 16.4 Å². The number of carbonyl (C=O) groups is 3. The lowest BCUT2D eigenvalue weighted by molar-refractivity contribution is -0.148. The van der Waals surface area contributed by atoms with Crippen molar-refractivity contribution in [3.05, 3.63) is 29.8 Å². The molecule has 0 unspecified atom stereocenters. The van der Waals surface area contributed by atoms with Crippen LogP contribution in [0.3, 0.4) is 0 Å². The number of carbonyl (C=O) groups excluding carboxylic acids is 3. The molecule has 0 radical (unpaired) electrons. The van der Waals surface area contributed by atoms with Crippen LogP contribution in [-0.2, 0) is 29.0 Å². The second-order valence-electron chi connectivity index (χ2n) is 5.61. The van der Waals surface area contributed by atoms with E-state index in [1.54, 1.807) is 26.2 Å². The lowest BCUT2D eigenvalue weighted by Gasteiger charge is -2.11. The minimum atomic E-state index is -3.59. The van der Waals surface area contributed by atoms with Crippen LogP contribution < -0.4 is 5.32 Å². The maximum absolute atomic E-state index is 12.1. The van der Waals surface area contributed by atoms with Crippen molar-refractivity contribution in [3.8, 4) is 0 Å². The fourth-order valence-corrected chi connectivity index (χ4v) is 2.90. The van der Waals surface area contributed by atoms with Crippen LogP contribution in [0.25, 0.3) is 0 Å². The topological polar surface area (TPSA) is 110 Å². The van der Waals surface area contributed by atoms with Crippen molar-refractivity contribution in [3.63, 3.8) is 0 Å². The van der Waals surface area contributed by atoms with Crippen LogP contribution in [0.15, 0.2) is 29.2 Å². The van der Waals surface area contributed by atoms with Gasteiger partial charge in [-0.2, -0.15) is 0 Å². The Morgan fingerprint density at radius 2 is 1.72 bits per heavy atom. The minimum Gasteiger partial charge on any atom is -0.456 e. The molecule has 0 aliphatic carbocycles. The van der Waals surface area contributed by atoms with E-state index in [-0.39, 0.29) is 23.8 Å². The van der Waals surface area contributed by atoms with Crippen molar-refractivity contribution in [2.75, 3.05) is 33.0 Å². The first-order valence-electron chi connectivity index (χ1n) is 7.53. The predicted octanol–water partition coefficient (Wildman–Crippen LogP) is -0.0936. The second-order valence-corrected chi connectivity index (χ2v) is 7.72. The number of nitrogens with zero attached hydrogens (tertiary/aromatic N) is 1. The van der Waals surface area contributed by atoms with E-state index in [2.05, 4.69) is 5.32 Å². The smallest absolute Gasteiger partial charge is 0.307 e. The molecule has 0 spiro atoms. The molecule has 0 aromatic heterocycles. The average molecular weight is 370 g/mol. The molecule has 8 nitrogen and oxygen atoms in total. The summed E-state index contributed by atoms with van der Waals surface area (Å²) in [6, 6.07) is 6.30. The van der Waals surface area contributed by atoms with Crippen molar-refractivity contribution in [1.82, 2.24) is 10.2 Å². The van der Waals surface area contributed by atoms with Gasteiger partial charge < -0.3 is 15.0 Å². The predicted molar refractivity (Wildman–Crippen MR) is 90.5 cm³/mol. The summed E-state index contributed by atoms with van der Waals surface area (Å²) in [6.07, 6.45) is -0.361. The van der Waals surface area contributed by atoms with Gasteiger partial charge in [-0.1, -0.05) is 17.7 Å². The van der Waals surface area contributed by atoms with Crippen LogP contribution in [0.2, 0.25) is 0 Å². The first-order chi connectivity index (χ1) is 11.6. The summed E-state index contributed by atoms with van der Waals surface area (Å²) in [5, 5.41) is 2.30. The monoisotopic (exact) mass is 370 g/mol. The largest absolute Gasteiger partial charge is 0.456 e. The molecule has 138 valence electrons. The average Bonchev–Trinajstić information content (AvgIpc) is 2.56. The zero-order chi connectivity index (χ0) is 19.0. The highest BCUT2D eigenvalue weighted by molar-refractivity contribution is 7.91. The third-order valence-corrected chi connectivity index (χ3v) is 4.99. The number of amides is 2. The Morgan fingerprint density at radius 1 is 1.12 bits per heavy atom. The van der Waals surface area contributed by atoms with Crippen molar-refractivity contribution < 1.29 is 27.5 Å². The van der Waals surface area contributed by atoms with Crippen LogP contribution >= 0.6 is 0 Å². The number of hydrogen-bond acceptors (Lipinski definition) is 6. The Kier molecular flexibility index (Phi) is 7.56. The van der Waals surface area contributed by atoms with Crippen molar-refractivity contribution in [2.24, 2.45) is 0 Å². The zero-order valence-corrected chi connectivity index (χ0v) is 15.3. The van der Waals surface area contributed by atoms with E-state index in [0.29, 0.717) is 0 Å². The van der Waals surface area contributed by atoms with E-state index in [4.69, 9.17) is 4.74 Å². The number of ether oxygens (including phenoxy) is 1. The second kappa shape index (κ2) is 9.16. The Bertz CT molecular complexity index is 725. The molecular formula is C16H22N2O6S. The van der Waals surface area contributed by atoms with Crippen LogP contribution in [0.5, 0.6) is 0 Å². The standard InChI is InChI=1S/C16H22N2O6S/c1-12-4-6-13(7-5-12)25(22,23)9-8-16(21)24-11-14(19)17-10-15(20)18(2)3/h4-7H,8-11H2,1-3H3,(H,17,19). The van der Waals surface area contributed by atoms with Gasteiger partial charge in [-0.3, -0.25) is 14.4 Å². The highest BCUT2D eigenvalue weighted by atomic mass is 32.2. The highest BCUT2D eigenvalue weighted by Crippen LogP contribution is 2.13. The molecule has 1 rings (SSSR count). The molecule has 0 saturated heterocycles. The molecule has 1 aromatic carbocycles. The molecule has 0 aliphatic heterocycles. The van der Waals surface area contributed by atoms with Gasteiger partial charge in [-0.25, -0.2) is 8.42 Å². The lowest BCUT2D eigenvalue weighted by Crippen LogP contribution is -2.38. The third-order valence-electron chi connectivity index (χ3n) is 3.25. The molecule has 0 heterocycles. The summed E-state index contributed by atoms with van der Waals surface area (Å²) in [5.74, 6) is -2.14. The van der Waals surface area contributed by atoms with Crippen LogP contribution in [-0.4, -0.2) is 64.1 Å². The van der Waals surface area contributed by atoms with E-state index in [9.17, 15) is 22.8 Å². The molecule has 1 N–H and O–H groups in total. The first-order valence-corrected chi connectivity index (χ1v) is 9.19. The van der Waals surface area contributed by atoms with Gasteiger partial charge in [0.05, 0.1) is 23.6 Å². The van der Waals surface area contributed by atoms with Gasteiger partial charge in [-0.05, 0) is 19.1 Å². The number of hydrogen-bond donors (Lipinski definition) is 1. The van der Waals surface area contributed by atoms with Crippen LogP contribution in [0, 0.1) is 6.92 Å². The molecule has 2 amide bonds. The van der Waals surface area contributed by atoms with Crippen molar-refractivity contribution in [1.29, 1.82) is 0 Å². The summed E-state index contributed by atoms with van der Waals surface area (Å²) >= 11 is 0. The molecule has 0 saturated carbocycles. The number of benzene rings is 1. The van der Waals surface area contributed by atoms with Gasteiger partial charge in [0.1, 0.15) is 0 Å². The maximum Gasteiger partial charge on any atom is 0.307 e. The van der Waals surface area contributed by atoms with E-state index >= 15 is 0 Å². The molecule has 25 heavy (non-hydrogen) atoms. The highest BCUT2D eigenvalue weighted by Gasteiger charge is 2.17. The van der Waals surface area contributed by atoms with Gasteiger partial charge in [0, 0.05) is 14.1 Å². The fraction of sp³-hybridized carbons (Fsp3) is 0.438. The summed E-state index contributed by atoms with van der Waals surface area (Å²) in [7, 11) is -0.504. The summed E-state index contributed by atoms with van der Waals surface area (Å²) in [4.78, 5) is 35.8. The van der Waals surface area contributed by atoms with Gasteiger partial charge in [0.2, 0.25) is 5.91 Å². The zero-order valence-electron chi connectivity index (χ0n) is 14.4. The normalized spacial score (nSPS) is 10.8. The van der Waals surface area contributed by atoms with E-state index in [0.717, 1.165) is 5.56 Å². The fourth-order valence-electron chi connectivity index (χ4n) is 1.68. The van der Waals surface area contributed by atoms with Crippen molar-refractivity contribution >= 4 is 27.6 Å². The molecule has 0 aliphatic rings. The number of sulfone groups is 1. The number of aryl methyl sites for hydroxylation is 1. The van der Waals surface area contributed by atoms with Crippen molar-refractivity contribution in [2.45, 2.75) is 18.2 Å². The summed E-state index contributed by atoms with van der Waals surface area (Å²) < 4.78 is 28.9. The molecule has 0 fully saturated rings. The van der Waals surface area contributed by atoms with E-state index in [1.807, 2.05) is 6.92 Å². The SMILES string of the molecule is Cc1ccc(S(=O)(=O)CCC(=O)OCC(=O)NCC(=O)N(C)C)cc1. The molecular weight excluding hydrogens is 348 g/mol. The quantitative estimate of drug-likeness (QED) is 0.640. The minimum absolute atomic E-state index is 0.130. The van der Waals surface area contributed by atoms with Gasteiger partial charge in [0.25, 0.3) is 5.91 Å². The van der Waals surface area contributed by atoms with Gasteiger partial charge in [-0.15, -0.1) is 0 Å². The number of esters is 1. The van der Waals surface area contributed by atoms with Crippen LogP contribution in [0.1, 0.15) is 12.0 Å². The maximum atomic E-state index is 12.1. The Balaban J connectivity index is 2.38. The molecule has 9 heteroatoms. The Morgan fingerprint density at radius 3 is 2.28 bits per heavy atom. The number of rotatable bonds is 8. The molecule has 1 aromatic rings. The third kappa shape index (κ3) is 7.34. The Hall–Kier alpha value is -2.42. The number of likely N-dealkylation sites (N-methyl/N-ethyl adjacent to an activating group) is 1. The van der Waals surface area contributed by atoms with E-state index in [1.165, 1.54) is 17.0 Å². The summed E-state index contributed by atoms with van der Waals surface area (Å²) in [5.41, 5.74) is 0.928. The van der Waals surface area contributed by atoms with Crippen LogP contribution in [0.4, 0.5) is 0 Å². The first kappa shape index (κ1) is 20.6. The van der Waals surface area contributed by atoms with Gasteiger partial charge >= 0.3 is 5.97 Å². The van der Waals surface area contributed by atoms with E-state index < -0.39 is 34.1 Å². The number of nitrogens with one attached hydrogen (secondary N) is 1. The Labute approximate surface area is 147 Å². The molecule has 0 bridgehead atoms. The lowest BCUT2D eigenvalue weighted by atomic mass is 10.2. The molecule has 0 atom stereocenters. The summed E-state index contributed by atoms with van der Waals surface area (Å²) in [6.45, 7) is 1.07.